The van der Waals surface area contributed by atoms with Crippen molar-refractivity contribution in [1.82, 2.24) is 26.0 Å². The number of benzene rings is 2. The van der Waals surface area contributed by atoms with E-state index < -0.39 is 23.9 Å². The number of pyridine rings is 1. The Labute approximate surface area is 224 Å². The molecule has 0 saturated heterocycles. The molecule has 2 aromatic carbocycles. The number of anilines is 1. The van der Waals surface area contributed by atoms with Gasteiger partial charge in [-0.2, -0.15) is 0 Å². The zero-order chi connectivity index (χ0) is 28.0. The first-order chi connectivity index (χ1) is 18.9. The minimum absolute atomic E-state index is 0.162. The third-order valence-electron chi connectivity index (χ3n) is 5.41. The Balaban J connectivity index is 1.53. The maximum absolute atomic E-state index is 12.5. The van der Waals surface area contributed by atoms with E-state index in [4.69, 9.17) is 10.7 Å². The first-order valence-corrected chi connectivity index (χ1v) is 11.8. The van der Waals surface area contributed by atoms with Crippen LogP contribution in [-0.4, -0.2) is 46.5 Å². The molecule has 12 nitrogen and oxygen atoms in total. The predicted molar refractivity (Wildman–Crippen MR) is 141 cm³/mol. The molecular weight excluding hydrogens is 500 g/mol. The largest absolute Gasteiger partial charge is 0.338 e. The highest BCUT2D eigenvalue weighted by molar-refractivity contribution is 5.97. The van der Waals surface area contributed by atoms with Crippen molar-refractivity contribution >= 4 is 23.4 Å². The number of hydroxylamine groups is 1. The molecule has 0 aliphatic rings. The lowest BCUT2D eigenvalue weighted by molar-refractivity contribution is -0.131. The molecular formula is C27H27N8O4+. The maximum Gasteiger partial charge on any atom is 0.268 e. The van der Waals surface area contributed by atoms with Crippen LogP contribution in [0.3, 0.4) is 0 Å². The monoisotopic (exact) mass is 527 g/mol. The zero-order valence-electron chi connectivity index (χ0n) is 21.0. The number of aromatic nitrogens is 1. The highest BCUT2D eigenvalue weighted by Crippen LogP contribution is 2.10. The Bertz CT molecular complexity index is 1390. The van der Waals surface area contributed by atoms with Gasteiger partial charge in [-0.05, 0) is 67.1 Å². The molecule has 1 aromatic heterocycles. The lowest BCUT2D eigenvalue weighted by atomic mass is 10.1. The molecule has 6 N–H and O–H groups in total. The van der Waals surface area contributed by atoms with Crippen molar-refractivity contribution < 1.29 is 19.6 Å². The minimum Gasteiger partial charge on any atom is -0.338 e. The SMILES string of the molecule is C[C@@H](N=[N+]=N)[C@H](NC(=O)c1ccc(C#Cc2ccc(NC(=O)CNCc3cccnc3)cc2)cc1)C(=O)NO. The lowest BCUT2D eigenvalue weighted by Crippen LogP contribution is -2.51. The van der Waals surface area contributed by atoms with E-state index in [1.54, 1.807) is 60.9 Å². The van der Waals surface area contributed by atoms with Crippen molar-refractivity contribution in [2.24, 2.45) is 5.11 Å². The topological polar surface area (TPSA) is 183 Å². The standard InChI is InChI=1S/C27H26N8O4/c1-18(33-35-28)25(27(38)34-39)32-26(37)22-10-6-19(7-11-22)4-5-20-8-12-23(13-9-20)31-24(36)17-30-16-21-3-2-14-29-15-21/h2-3,6-15,18,25,28,30H,16-17H2,1H3,(H3-,31,32,34,36,37,38,39)/p+1/t18-,25+/m1/s1. The van der Waals surface area contributed by atoms with Gasteiger partial charge in [-0.3, -0.25) is 24.6 Å². The second-order valence-electron chi connectivity index (χ2n) is 8.30. The quantitative estimate of drug-likeness (QED) is 0.0767. The minimum atomic E-state index is -1.22. The normalized spacial score (nSPS) is 11.5. The molecule has 0 aliphatic heterocycles. The molecule has 0 saturated carbocycles. The van der Waals surface area contributed by atoms with Gasteiger partial charge in [0.1, 0.15) is 16.7 Å². The summed E-state index contributed by atoms with van der Waals surface area (Å²) in [6.07, 6.45) is 3.44. The molecule has 0 aliphatic carbocycles. The molecule has 12 heteroatoms. The number of nitrogens with zero attached hydrogens (tertiary/aromatic N) is 3. The fourth-order valence-electron chi connectivity index (χ4n) is 3.37. The van der Waals surface area contributed by atoms with Crippen LogP contribution in [0.4, 0.5) is 5.69 Å². The van der Waals surface area contributed by atoms with E-state index in [1.165, 1.54) is 12.4 Å². The summed E-state index contributed by atoms with van der Waals surface area (Å²) in [5.41, 5.74) is 11.6. The van der Waals surface area contributed by atoms with Crippen LogP contribution in [0.25, 0.3) is 0 Å². The van der Waals surface area contributed by atoms with E-state index in [0.717, 1.165) is 11.1 Å². The smallest absolute Gasteiger partial charge is 0.268 e. The Morgan fingerprint density at radius 2 is 1.72 bits per heavy atom. The summed E-state index contributed by atoms with van der Waals surface area (Å²) in [6.45, 7) is 2.18. The van der Waals surface area contributed by atoms with Crippen LogP contribution in [0, 0.1) is 17.4 Å². The lowest BCUT2D eigenvalue weighted by Gasteiger charge is -2.16. The Morgan fingerprint density at radius 1 is 1.05 bits per heavy atom. The molecule has 0 radical (unpaired) electrons. The van der Waals surface area contributed by atoms with Crippen molar-refractivity contribution in [2.45, 2.75) is 25.6 Å². The highest BCUT2D eigenvalue weighted by Gasteiger charge is 2.30. The summed E-state index contributed by atoms with van der Waals surface area (Å²) >= 11 is 0. The van der Waals surface area contributed by atoms with Gasteiger partial charge in [-0.25, -0.2) is 5.48 Å². The van der Waals surface area contributed by atoms with Crippen LogP contribution < -0.4 is 26.3 Å². The third kappa shape index (κ3) is 8.99. The van der Waals surface area contributed by atoms with Gasteiger partial charge in [0.2, 0.25) is 10.8 Å². The summed E-state index contributed by atoms with van der Waals surface area (Å²) in [6, 6.07) is 15.2. The summed E-state index contributed by atoms with van der Waals surface area (Å²) < 4.78 is 0. The fourth-order valence-corrected chi connectivity index (χ4v) is 3.37. The van der Waals surface area contributed by atoms with E-state index in [-0.39, 0.29) is 18.0 Å². The summed E-state index contributed by atoms with van der Waals surface area (Å²) in [5, 5.41) is 20.8. The van der Waals surface area contributed by atoms with Gasteiger partial charge in [-0.15, -0.1) is 0 Å². The summed E-state index contributed by atoms with van der Waals surface area (Å²) in [7, 11) is 0. The second-order valence-corrected chi connectivity index (χ2v) is 8.30. The number of carbonyl (C=O) groups excluding carboxylic acids is 3. The third-order valence-corrected chi connectivity index (χ3v) is 5.41. The van der Waals surface area contributed by atoms with Gasteiger partial charge in [0.15, 0.2) is 6.04 Å². The molecule has 0 fully saturated rings. The molecule has 3 amide bonds. The Kier molecular flexibility index (Phi) is 10.6. The van der Waals surface area contributed by atoms with Gasteiger partial charge >= 0.3 is 0 Å². The second kappa shape index (κ2) is 14.5. The molecule has 0 bridgehead atoms. The van der Waals surface area contributed by atoms with Crippen LogP contribution >= 0.6 is 0 Å². The molecule has 3 aromatic rings. The van der Waals surface area contributed by atoms with Crippen molar-refractivity contribution in [3.05, 3.63) is 95.3 Å². The number of amides is 3. The first kappa shape index (κ1) is 28.4. The van der Waals surface area contributed by atoms with Crippen LogP contribution in [-0.2, 0) is 16.1 Å². The predicted octanol–water partition coefficient (Wildman–Crippen LogP) is 1.75. The average molecular weight is 528 g/mol. The van der Waals surface area contributed by atoms with E-state index in [2.05, 4.69) is 42.8 Å². The summed E-state index contributed by atoms with van der Waals surface area (Å²) in [4.78, 5) is 43.5. The molecule has 198 valence electrons. The fraction of sp³-hybridized carbons (Fsp3) is 0.185. The van der Waals surface area contributed by atoms with E-state index in [1.807, 2.05) is 12.1 Å². The van der Waals surface area contributed by atoms with Gasteiger partial charge in [0.25, 0.3) is 11.8 Å². The zero-order valence-corrected chi connectivity index (χ0v) is 21.0. The van der Waals surface area contributed by atoms with Gasteiger partial charge in [-0.1, -0.05) is 17.9 Å². The number of nitrogens with one attached hydrogen (secondary N) is 5. The Morgan fingerprint density at radius 3 is 2.31 bits per heavy atom. The van der Waals surface area contributed by atoms with Crippen molar-refractivity contribution in [3.63, 3.8) is 0 Å². The van der Waals surface area contributed by atoms with Crippen LogP contribution in [0.1, 0.15) is 34.0 Å². The van der Waals surface area contributed by atoms with E-state index in [9.17, 15) is 14.4 Å². The highest BCUT2D eigenvalue weighted by atomic mass is 16.5. The van der Waals surface area contributed by atoms with E-state index >= 15 is 0 Å². The number of hydrogen-bond acceptors (Lipinski definition) is 8. The van der Waals surface area contributed by atoms with E-state index in [0.29, 0.717) is 17.8 Å². The number of rotatable bonds is 10. The molecule has 0 spiro atoms. The van der Waals surface area contributed by atoms with Gasteiger partial charge in [0.05, 0.1) is 6.54 Å². The van der Waals surface area contributed by atoms with Crippen LogP contribution in [0.15, 0.2) is 78.2 Å². The molecule has 2 atom stereocenters. The molecule has 3 rings (SSSR count). The molecule has 1 heterocycles. The number of carbonyl (C=O) groups is 3. The van der Waals surface area contributed by atoms with Crippen molar-refractivity contribution in [1.29, 1.82) is 5.53 Å². The van der Waals surface area contributed by atoms with Crippen molar-refractivity contribution in [3.8, 4) is 11.8 Å². The molecule has 0 unspecified atom stereocenters. The van der Waals surface area contributed by atoms with Crippen molar-refractivity contribution in [2.75, 3.05) is 11.9 Å². The van der Waals surface area contributed by atoms with Crippen LogP contribution in [0.5, 0.6) is 0 Å². The molecule has 39 heavy (non-hydrogen) atoms. The van der Waals surface area contributed by atoms with Gasteiger partial charge < -0.3 is 16.0 Å². The average Bonchev–Trinajstić information content (AvgIpc) is 2.96. The number of hydrogen-bond donors (Lipinski definition) is 6. The van der Waals surface area contributed by atoms with Crippen LogP contribution in [0.2, 0.25) is 0 Å². The first-order valence-electron chi connectivity index (χ1n) is 11.8. The Hall–Kier alpha value is -5.21. The van der Waals surface area contributed by atoms with Gasteiger partial charge in [0, 0.05) is 41.3 Å². The maximum atomic E-state index is 12.5. The summed E-state index contributed by atoms with van der Waals surface area (Å²) in [5.74, 6) is 4.41.